The molecule has 7 nitrogen and oxygen atoms in total. The molecule has 0 radical (unpaired) electrons. The van der Waals surface area contributed by atoms with Crippen molar-refractivity contribution in [2.75, 3.05) is 18.4 Å². The molecule has 8 heteroatoms. The average Bonchev–Trinajstić information content (AvgIpc) is 3.02. The number of hydrogen-bond acceptors (Lipinski definition) is 6. The Morgan fingerprint density at radius 2 is 2.24 bits per heavy atom. The molecule has 2 aliphatic rings. The van der Waals surface area contributed by atoms with Crippen LogP contribution in [0.3, 0.4) is 0 Å². The van der Waals surface area contributed by atoms with Gasteiger partial charge in [-0.15, -0.1) is 16.4 Å². The zero-order chi connectivity index (χ0) is 14.2. The number of anilines is 1. The van der Waals surface area contributed by atoms with Gasteiger partial charge in [0.25, 0.3) is 5.91 Å². The summed E-state index contributed by atoms with van der Waals surface area (Å²) in [5.74, 6) is -0.236. The fourth-order valence-corrected chi connectivity index (χ4v) is 3.63. The molecule has 2 aromatic heterocycles. The Morgan fingerprint density at radius 1 is 1.38 bits per heavy atom. The second kappa shape index (κ2) is 5.19. The number of amides is 1. The molecule has 4 rings (SSSR count). The Hall–Kier alpha value is -1.80. The summed E-state index contributed by atoms with van der Waals surface area (Å²) in [6.07, 6.45) is 6.20. The highest BCUT2D eigenvalue weighted by Crippen LogP contribution is 2.29. The lowest BCUT2D eigenvalue weighted by molar-refractivity contribution is 0.102. The van der Waals surface area contributed by atoms with Gasteiger partial charge in [-0.2, -0.15) is 0 Å². The maximum Gasteiger partial charge on any atom is 0.279 e. The minimum Gasteiger partial charge on any atom is -0.312 e. The molecule has 0 aromatic carbocycles. The van der Waals surface area contributed by atoms with Crippen LogP contribution in [0.1, 0.15) is 39.9 Å². The van der Waals surface area contributed by atoms with Gasteiger partial charge in [-0.05, 0) is 25.7 Å². The molecule has 0 saturated carbocycles. The van der Waals surface area contributed by atoms with Gasteiger partial charge in [0.2, 0.25) is 0 Å². The van der Waals surface area contributed by atoms with E-state index >= 15 is 0 Å². The summed E-state index contributed by atoms with van der Waals surface area (Å²) < 4.78 is 1.75. The van der Waals surface area contributed by atoms with Crippen LogP contribution in [-0.4, -0.2) is 39.0 Å². The summed E-state index contributed by atoms with van der Waals surface area (Å²) >= 11 is 1.58. The van der Waals surface area contributed by atoms with Gasteiger partial charge in [-0.3, -0.25) is 10.1 Å². The van der Waals surface area contributed by atoms with Crippen molar-refractivity contribution in [3.63, 3.8) is 0 Å². The van der Waals surface area contributed by atoms with Crippen LogP contribution >= 0.6 is 11.3 Å². The lowest BCUT2D eigenvalue weighted by Gasteiger charge is -2.26. The summed E-state index contributed by atoms with van der Waals surface area (Å²) in [6, 6.07) is 0.311. The van der Waals surface area contributed by atoms with Crippen molar-refractivity contribution in [1.82, 2.24) is 25.3 Å². The van der Waals surface area contributed by atoms with Gasteiger partial charge in [0.1, 0.15) is 0 Å². The van der Waals surface area contributed by atoms with Gasteiger partial charge in [-0.25, -0.2) is 9.67 Å². The van der Waals surface area contributed by atoms with E-state index in [0.717, 1.165) is 31.6 Å². The molecule has 0 unspecified atom stereocenters. The zero-order valence-corrected chi connectivity index (χ0v) is 12.3. The molecular formula is C13H16N6OS. The van der Waals surface area contributed by atoms with Crippen LogP contribution in [0.5, 0.6) is 0 Å². The number of rotatable bonds is 3. The summed E-state index contributed by atoms with van der Waals surface area (Å²) in [6.45, 7) is 1.76. The maximum atomic E-state index is 12.2. The molecule has 1 amide bonds. The van der Waals surface area contributed by atoms with E-state index in [4.69, 9.17) is 0 Å². The van der Waals surface area contributed by atoms with Crippen LogP contribution in [0.2, 0.25) is 0 Å². The van der Waals surface area contributed by atoms with Gasteiger partial charge in [0, 0.05) is 18.0 Å². The number of hydrogen-bond donors (Lipinski definition) is 2. The summed E-state index contributed by atoms with van der Waals surface area (Å²) in [5.41, 5.74) is 1.49. The second-order valence-electron chi connectivity index (χ2n) is 5.45. The quantitative estimate of drug-likeness (QED) is 0.884. The molecule has 110 valence electrons. The van der Waals surface area contributed by atoms with Crippen LogP contribution in [0.15, 0.2) is 6.20 Å². The van der Waals surface area contributed by atoms with Crippen molar-refractivity contribution in [1.29, 1.82) is 0 Å². The van der Waals surface area contributed by atoms with Gasteiger partial charge >= 0.3 is 0 Å². The van der Waals surface area contributed by atoms with Crippen LogP contribution < -0.4 is 10.6 Å². The standard InChI is InChI=1S/C13H16N6OS/c20-12(10-7-19(18-17-10)8-5-14-6-8)16-13-15-9-3-1-2-4-11(9)21-13/h7-8,14H,1-6H2,(H,15,16,20). The molecule has 21 heavy (non-hydrogen) atoms. The molecule has 1 aliphatic heterocycles. The lowest BCUT2D eigenvalue weighted by atomic mass is 10.0. The summed E-state index contributed by atoms with van der Waals surface area (Å²) in [7, 11) is 0. The summed E-state index contributed by atoms with van der Waals surface area (Å²) in [4.78, 5) is 18.0. The topological polar surface area (TPSA) is 84.7 Å². The highest BCUT2D eigenvalue weighted by Gasteiger charge is 2.22. The molecule has 1 saturated heterocycles. The number of thiazole rings is 1. The lowest BCUT2D eigenvalue weighted by Crippen LogP contribution is -2.43. The van der Waals surface area contributed by atoms with Crippen molar-refractivity contribution in [3.8, 4) is 0 Å². The Morgan fingerprint density at radius 3 is 3.00 bits per heavy atom. The number of aromatic nitrogens is 4. The zero-order valence-electron chi connectivity index (χ0n) is 11.5. The smallest absolute Gasteiger partial charge is 0.279 e. The minimum atomic E-state index is -0.236. The largest absolute Gasteiger partial charge is 0.312 e. The van der Waals surface area contributed by atoms with E-state index < -0.39 is 0 Å². The van der Waals surface area contributed by atoms with Crippen molar-refractivity contribution in [2.24, 2.45) is 0 Å². The first-order chi connectivity index (χ1) is 10.3. The second-order valence-corrected chi connectivity index (χ2v) is 6.53. The predicted molar refractivity (Wildman–Crippen MR) is 78.6 cm³/mol. The Labute approximate surface area is 125 Å². The van der Waals surface area contributed by atoms with Crippen molar-refractivity contribution in [2.45, 2.75) is 31.7 Å². The fraction of sp³-hybridized carbons (Fsp3) is 0.538. The highest BCUT2D eigenvalue weighted by atomic mass is 32.1. The van der Waals surface area contributed by atoms with Crippen LogP contribution in [-0.2, 0) is 12.8 Å². The number of aryl methyl sites for hydroxylation is 2. The Kier molecular flexibility index (Phi) is 3.19. The average molecular weight is 304 g/mol. The third kappa shape index (κ3) is 2.44. The Balaban J connectivity index is 1.47. The molecule has 0 atom stereocenters. The van der Waals surface area contributed by atoms with Crippen LogP contribution in [0.25, 0.3) is 0 Å². The first kappa shape index (κ1) is 12.9. The van der Waals surface area contributed by atoms with E-state index in [-0.39, 0.29) is 5.91 Å². The first-order valence-corrected chi connectivity index (χ1v) is 8.04. The highest BCUT2D eigenvalue weighted by molar-refractivity contribution is 7.15. The van der Waals surface area contributed by atoms with Crippen LogP contribution in [0.4, 0.5) is 5.13 Å². The van der Waals surface area contributed by atoms with Crippen molar-refractivity contribution < 1.29 is 4.79 Å². The first-order valence-electron chi connectivity index (χ1n) is 7.22. The number of nitrogens with zero attached hydrogens (tertiary/aromatic N) is 4. The monoisotopic (exact) mass is 304 g/mol. The van der Waals surface area contributed by atoms with E-state index in [9.17, 15) is 4.79 Å². The molecule has 1 fully saturated rings. The predicted octanol–water partition coefficient (Wildman–Crippen LogP) is 1.01. The number of carbonyl (C=O) groups excluding carboxylic acids is 1. The molecule has 2 aromatic rings. The molecule has 2 N–H and O–H groups in total. The van der Waals surface area contributed by atoms with Crippen molar-refractivity contribution in [3.05, 3.63) is 22.5 Å². The molecule has 3 heterocycles. The normalized spacial score (nSPS) is 18.1. The van der Waals surface area contributed by atoms with E-state index in [1.54, 1.807) is 22.2 Å². The Bertz CT molecular complexity index is 651. The van der Waals surface area contributed by atoms with E-state index in [0.29, 0.717) is 16.9 Å². The molecule has 0 bridgehead atoms. The van der Waals surface area contributed by atoms with Gasteiger partial charge in [0.15, 0.2) is 10.8 Å². The third-order valence-corrected chi connectivity index (χ3v) is 5.02. The van der Waals surface area contributed by atoms with Gasteiger partial charge in [0.05, 0.1) is 17.9 Å². The van der Waals surface area contributed by atoms with Crippen molar-refractivity contribution >= 4 is 22.4 Å². The summed E-state index contributed by atoms with van der Waals surface area (Å²) in [5, 5.41) is 14.6. The SMILES string of the molecule is O=C(Nc1nc2c(s1)CCCC2)c1cn(C2CNC2)nn1. The molecule has 1 aliphatic carbocycles. The maximum absolute atomic E-state index is 12.2. The minimum absolute atomic E-state index is 0.236. The van der Waals surface area contributed by atoms with Gasteiger partial charge in [-0.1, -0.05) is 5.21 Å². The van der Waals surface area contributed by atoms with E-state index in [2.05, 4.69) is 25.9 Å². The number of fused-ring (bicyclic) bond motifs is 1. The van der Waals surface area contributed by atoms with E-state index in [1.807, 2.05) is 0 Å². The van der Waals surface area contributed by atoms with Gasteiger partial charge < -0.3 is 5.32 Å². The third-order valence-electron chi connectivity index (χ3n) is 3.94. The number of nitrogens with one attached hydrogen (secondary N) is 2. The number of carbonyl (C=O) groups is 1. The fourth-order valence-electron chi connectivity index (χ4n) is 2.59. The molecule has 0 spiro atoms. The molecular weight excluding hydrogens is 288 g/mol. The van der Waals surface area contributed by atoms with Crippen LogP contribution in [0, 0.1) is 0 Å². The van der Waals surface area contributed by atoms with E-state index in [1.165, 1.54) is 17.7 Å².